The van der Waals surface area contributed by atoms with Crippen LogP contribution in [0.2, 0.25) is 0 Å². The third kappa shape index (κ3) is 5.85. The Bertz CT molecular complexity index is 1350. The van der Waals surface area contributed by atoms with Crippen molar-refractivity contribution in [2.24, 2.45) is 0 Å². The number of amides is 1. The molecule has 1 saturated heterocycles. The van der Waals surface area contributed by atoms with Crippen molar-refractivity contribution in [1.82, 2.24) is 4.90 Å². The molecule has 0 saturated carbocycles. The van der Waals surface area contributed by atoms with Crippen LogP contribution in [0, 0.1) is 0 Å². The summed E-state index contributed by atoms with van der Waals surface area (Å²) in [6.45, 7) is 7.10. The second kappa shape index (κ2) is 12.4. The number of benzene rings is 3. The van der Waals surface area contributed by atoms with Crippen molar-refractivity contribution >= 4 is 17.4 Å². The zero-order chi connectivity index (χ0) is 27.9. The van der Waals surface area contributed by atoms with Gasteiger partial charge in [-0.15, -0.1) is 0 Å². The first kappa shape index (κ1) is 27.6. The minimum absolute atomic E-state index is 0.0128. The number of aliphatic hydroxyl groups excluding tert-OH is 1. The van der Waals surface area contributed by atoms with Crippen LogP contribution >= 0.6 is 0 Å². The number of ketones is 1. The monoisotopic (exact) mass is 531 g/mol. The van der Waals surface area contributed by atoms with Gasteiger partial charge in [-0.2, -0.15) is 0 Å². The Hall–Kier alpha value is -4.46. The second-order valence-corrected chi connectivity index (χ2v) is 8.80. The van der Waals surface area contributed by atoms with Crippen molar-refractivity contribution in [3.63, 3.8) is 0 Å². The third-order valence-electron chi connectivity index (χ3n) is 6.38. The minimum atomic E-state index is -0.830. The Morgan fingerprint density at radius 3 is 2.00 bits per heavy atom. The quantitative estimate of drug-likeness (QED) is 0.198. The number of rotatable bonds is 11. The number of likely N-dealkylation sites (tertiary alicyclic amines) is 1. The lowest BCUT2D eigenvalue weighted by molar-refractivity contribution is -0.140. The Morgan fingerprint density at radius 1 is 0.795 bits per heavy atom. The van der Waals surface area contributed by atoms with Crippen LogP contribution in [0.5, 0.6) is 23.0 Å². The molecule has 3 aromatic carbocycles. The number of Topliss-reactive ketones (excluding diaryl/α,β-unsaturated/α-hetero) is 1. The molecule has 8 heteroatoms. The molecule has 1 N–H and O–H groups in total. The van der Waals surface area contributed by atoms with Gasteiger partial charge in [0, 0.05) is 12.6 Å². The van der Waals surface area contributed by atoms with Crippen molar-refractivity contribution in [2.75, 3.05) is 26.9 Å². The number of ether oxygens (including phenoxy) is 4. The van der Waals surface area contributed by atoms with E-state index in [4.69, 9.17) is 18.9 Å². The maximum Gasteiger partial charge on any atom is 0.295 e. The average Bonchev–Trinajstić information content (AvgIpc) is 3.19. The molecule has 1 aliphatic rings. The lowest BCUT2D eigenvalue weighted by Crippen LogP contribution is -2.29. The summed E-state index contributed by atoms with van der Waals surface area (Å²) in [4.78, 5) is 28.4. The molecule has 0 aromatic heterocycles. The second-order valence-electron chi connectivity index (χ2n) is 8.80. The number of hydrogen-bond donors (Lipinski definition) is 1. The third-order valence-corrected chi connectivity index (χ3v) is 6.38. The highest BCUT2D eigenvalue weighted by Gasteiger charge is 2.46. The van der Waals surface area contributed by atoms with E-state index in [0.717, 1.165) is 5.56 Å². The molecule has 8 nitrogen and oxygen atoms in total. The van der Waals surface area contributed by atoms with Crippen LogP contribution in [0.1, 0.15) is 43.5 Å². The van der Waals surface area contributed by atoms with Crippen molar-refractivity contribution in [1.29, 1.82) is 0 Å². The fraction of sp³-hybridized carbons (Fsp3) is 0.290. The SMILES string of the molecule is CCOc1ccc(CN2C(=O)C(=O)/C(=C(\O)c3ccc(OCC)cc3OCC)C2c2ccc(OC)cc2)cc1. The van der Waals surface area contributed by atoms with Crippen LogP contribution < -0.4 is 18.9 Å². The Morgan fingerprint density at radius 2 is 1.38 bits per heavy atom. The maximum atomic E-state index is 13.5. The number of carbonyl (C=O) groups excluding carboxylic acids is 2. The molecule has 204 valence electrons. The van der Waals surface area contributed by atoms with E-state index in [-0.39, 0.29) is 17.9 Å². The van der Waals surface area contributed by atoms with Gasteiger partial charge in [-0.1, -0.05) is 24.3 Å². The molecule has 1 unspecified atom stereocenters. The van der Waals surface area contributed by atoms with E-state index in [9.17, 15) is 14.7 Å². The predicted molar refractivity (Wildman–Crippen MR) is 147 cm³/mol. The normalized spacial score (nSPS) is 16.3. The number of methoxy groups -OCH3 is 1. The van der Waals surface area contributed by atoms with Crippen molar-refractivity contribution in [2.45, 2.75) is 33.4 Å². The van der Waals surface area contributed by atoms with Crippen molar-refractivity contribution in [3.05, 3.63) is 89.0 Å². The van der Waals surface area contributed by atoms with E-state index in [1.165, 1.54) is 4.90 Å². The van der Waals surface area contributed by atoms with E-state index in [2.05, 4.69) is 0 Å². The molecule has 0 bridgehead atoms. The molecule has 1 atom stereocenters. The summed E-state index contributed by atoms with van der Waals surface area (Å²) in [5.41, 5.74) is 1.76. The number of aliphatic hydroxyl groups is 1. The van der Waals surface area contributed by atoms with E-state index in [1.807, 2.05) is 45.0 Å². The zero-order valence-electron chi connectivity index (χ0n) is 22.6. The van der Waals surface area contributed by atoms with Crippen molar-refractivity contribution in [3.8, 4) is 23.0 Å². The molecule has 0 aliphatic carbocycles. The first-order valence-corrected chi connectivity index (χ1v) is 13.0. The molecule has 1 aliphatic heterocycles. The van der Waals surface area contributed by atoms with Gasteiger partial charge in [0.25, 0.3) is 11.7 Å². The first-order valence-electron chi connectivity index (χ1n) is 13.0. The number of nitrogens with zero attached hydrogens (tertiary/aromatic N) is 1. The lowest BCUT2D eigenvalue weighted by Gasteiger charge is -2.26. The fourth-order valence-electron chi connectivity index (χ4n) is 4.61. The van der Waals surface area contributed by atoms with E-state index in [0.29, 0.717) is 53.9 Å². The van der Waals surface area contributed by atoms with Gasteiger partial charge >= 0.3 is 0 Å². The summed E-state index contributed by atoms with van der Waals surface area (Å²) in [5, 5.41) is 11.6. The van der Waals surface area contributed by atoms with Gasteiger partial charge in [0.15, 0.2) is 0 Å². The van der Waals surface area contributed by atoms with E-state index < -0.39 is 17.7 Å². The summed E-state index contributed by atoms with van der Waals surface area (Å²) in [5.74, 6) is 0.495. The smallest absolute Gasteiger partial charge is 0.295 e. The highest BCUT2D eigenvalue weighted by Crippen LogP contribution is 2.42. The van der Waals surface area contributed by atoms with Crippen LogP contribution in [0.3, 0.4) is 0 Å². The minimum Gasteiger partial charge on any atom is -0.507 e. The summed E-state index contributed by atoms with van der Waals surface area (Å²) in [7, 11) is 1.56. The molecule has 1 amide bonds. The summed E-state index contributed by atoms with van der Waals surface area (Å²) < 4.78 is 22.2. The standard InChI is InChI=1S/C31H33NO7/c1-5-37-23-12-8-20(9-13-23)19-32-28(21-10-14-22(36-4)15-11-21)27(30(34)31(32)35)29(33)25-17-16-24(38-6-2)18-26(25)39-7-3/h8-18,28,33H,5-7,19H2,1-4H3/b29-27-. The number of hydrogen-bond acceptors (Lipinski definition) is 7. The average molecular weight is 532 g/mol. The van der Waals surface area contributed by atoms with Crippen LogP contribution in [0.15, 0.2) is 72.3 Å². The maximum absolute atomic E-state index is 13.5. The van der Waals surface area contributed by atoms with Crippen LogP contribution in [-0.4, -0.2) is 48.6 Å². The summed E-state index contributed by atoms with van der Waals surface area (Å²) >= 11 is 0. The van der Waals surface area contributed by atoms with Gasteiger partial charge in [0.2, 0.25) is 0 Å². The van der Waals surface area contributed by atoms with Gasteiger partial charge < -0.3 is 29.0 Å². The molecule has 3 aromatic rings. The molecule has 4 rings (SSSR count). The topological polar surface area (TPSA) is 94.5 Å². The first-order chi connectivity index (χ1) is 18.9. The molecule has 39 heavy (non-hydrogen) atoms. The Balaban J connectivity index is 1.83. The summed E-state index contributed by atoms with van der Waals surface area (Å²) in [6.07, 6.45) is 0. The predicted octanol–water partition coefficient (Wildman–Crippen LogP) is 5.51. The van der Waals surface area contributed by atoms with Gasteiger partial charge in [0.1, 0.15) is 28.8 Å². The molecular weight excluding hydrogens is 498 g/mol. The van der Waals surface area contributed by atoms with E-state index >= 15 is 0 Å². The van der Waals surface area contributed by atoms with Gasteiger partial charge in [0.05, 0.1) is 44.1 Å². The molecule has 0 radical (unpaired) electrons. The zero-order valence-corrected chi connectivity index (χ0v) is 22.6. The Kier molecular flexibility index (Phi) is 8.76. The molecule has 1 fully saturated rings. The van der Waals surface area contributed by atoms with Crippen molar-refractivity contribution < 1.29 is 33.6 Å². The Labute approximate surface area is 228 Å². The van der Waals surface area contributed by atoms with Gasteiger partial charge in [-0.25, -0.2) is 0 Å². The highest BCUT2D eigenvalue weighted by molar-refractivity contribution is 6.46. The van der Waals surface area contributed by atoms with E-state index in [1.54, 1.807) is 49.6 Å². The summed E-state index contributed by atoms with van der Waals surface area (Å²) in [6, 6.07) is 18.6. The van der Waals surface area contributed by atoms with Crippen LogP contribution in [0.4, 0.5) is 0 Å². The van der Waals surface area contributed by atoms with Gasteiger partial charge in [-0.3, -0.25) is 9.59 Å². The van der Waals surface area contributed by atoms with Crippen LogP contribution in [-0.2, 0) is 16.1 Å². The lowest BCUT2D eigenvalue weighted by atomic mass is 9.94. The number of carbonyl (C=O) groups is 2. The van der Waals surface area contributed by atoms with Crippen LogP contribution in [0.25, 0.3) is 5.76 Å². The highest BCUT2D eigenvalue weighted by atomic mass is 16.5. The molecule has 0 spiro atoms. The largest absolute Gasteiger partial charge is 0.507 e. The molecular formula is C31H33NO7. The molecule has 1 heterocycles. The fourth-order valence-corrected chi connectivity index (χ4v) is 4.61. The van der Waals surface area contributed by atoms with Gasteiger partial charge in [-0.05, 0) is 68.3 Å².